The highest BCUT2D eigenvalue weighted by Gasteiger charge is 2.25. The fraction of sp³-hybridized carbons (Fsp3) is 0.700. The Morgan fingerprint density at radius 1 is 1.69 bits per heavy atom. The van der Waals surface area contributed by atoms with Crippen molar-refractivity contribution in [2.45, 2.75) is 26.3 Å². The van der Waals surface area contributed by atoms with Crippen molar-refractivity contribution in [2.24, 2.45) is 0 Å². The lowest BCUT2D eigenvalue weighted by atomic mass is 10.2. The number of hydrogen-bond acceptors (Lipinski definition) is 5. The van der Waals surface area contributed by atoms with Gasteiger partial charge in [0, 0.05) is 25.7 Å². The summed E-state index contributed by atoms with van der Waals surface area (Å²) in [7, 11) is 0. The van der Waals surface area contributed by atoms with Crippen LogP contribution in [0.1, 0.15) is 29.2 Å². The zero-order chi connectivity index (χ0) is 11.5. The molecule has 1 aromatic heterocycles. The SMILES string of the molecule is CCc1nnsc1C(=O)N1CCN[C@@H](C)C1. The maximum atomic E-state index is 12.2. The normalized spacial score (nSPS) is 21.1. The standard InChI is InChI=1S/C10H16N4OS/c1-3-8-9(16-13-12-8)10(15)14-5-4-11-7(2)6-14/h7,11H,3-6H2,1-2H3/t7-/m0/s1. The molecule has 1 amide bonds. The molecular weight excluding hydrogens is 224 g/mol. The van der Waals surface area contributed by atoms with Gasteiger partial charge in [-0.15, -0.1) is 5.10 Å². The monoisotopic (exact) mass is 240 g/mol. The van der Waals surface area contributed by atoms with Crippen LogP contribution in [0, 0.1) is 0 Å². The minimum atomic E-state index is 0.0835. The Morgan fingerprint density at radius 3 is 3.19 bits per heavy atom. The Kier molecular flexibility index (Phi) is 3.50. The number of carbonyl (C=O) groups is 1. The summed E-state index contributed by atoms with van der Waals surface area (Å²) in [5, 5.41) is 7.29. The number of hydrogen-bond donors (Lipinski definition) is 1. The predicted octanol–water partition coefficient (Wildman–Crippen LogP) is 0.534. The lowest BCUT2D eigenvalue weighted by Crippen LogP contribution is -2.51. The summed E-state index contributed by atoms with van der Waals surface area (Å²) in [6.45, 7) is 6.48. The molecule has 1 aromatic rings. The third-order valence-electron chi connectivity index (χ3n) is 2.74. The van der Waals surface area contributed by atoms with Gasteiger partial charge in [-0.2, -0.15) is 0 Å². The van der Waals surface area contributed by atoms with Crippen LogP contribution in [-0.4, -0.2) is 46.1 Å². The van der Waals surface area contributed by atoms with E-state index in [2.05, 4.69) is 21.8 Å². The molecule has 2 rings (SSSR count). The highest BCUT2D eigenvalue weighted by molar-refractivity contribution is 7.08. The summed E-state index contributed by atoms with van der Waals surface area (Å²) < 4.78 is 3.86. The number of rotatable bonds is 2. The molecule has 0 radical (unpaired) electrons. The van der Waals surface area contributed by atoms with Gasteiger partial charge in [-0.1, -0.05) is 11.4 Å². The first kappa shape index (κ1) is 11.5. The van der Waals surface area contributed by atoms with Crippen LogP contribution in [0.2, 0.25) is 0 Å². The van der Waals surface area contributed by atoms with E-state index in [0.29, 0.717) is 10.9 Å². The van der Waals surface area contributed by atoms with Crippen molar-refractivity contribution in [3.05, 3.63) is 10.6 Å². The third-order valence-corrected chi connectivity index (χ3v) is 3.50. The summed E-state index contributed by atoms with van der Waals surface area (Å²) in [5.41, 5.74) is 0.821. The van der Waals surface area contributed by atoms with Crippen LogP contribution in [0.25, 0.3) is 0 Å². The van der Waals surface area contributed by atoms with E-state index in [9.17, 15) is 4.79 Å². The highest BCUT2D eigenvalue weighted by atomic mass is 32.1. The molecule has 88 valence electrons. The number of piperazine rings is 1. The number of nitrogens with one attached hydrogen (secondary N) is 1. The molecule has 16 heavy (non-hydrogen) atoms. The number of aryl methyl sites for hydroxylation is 1. The zero-order valence-corrected chi connectivity index (χ0v) is 10.4. The van der Waals surface area contributed by atoms with Gasteiger partial charge in [0.2, 0.25) is 0 Å². The molecule has 2 heterocycles. The van der Waals surface area contributed by atoms with Gasteiger partial charge in [-0.05, 0) is 24.9 Å². The Balaban J connectivity index is 2.12. The Hall–Kier alpha value is -1.01. The zero-order valence-electron chi connectivity index (χ0n) is 9.56. The van der Waals surface area contributed by atoms with Crippen LogP contribution in [0.4, 0.5) is 0 Å². The van der Waals surface area contributed by atoms with Gasteiger partial charge in [0.25, 0.3) is 5.91 Å². The van der Waals surface area contributed by atoms with Gasteiger partial charge >= 0.3 is 0 Å². The number of nitrogens with zero attached hydrogens (tertiary/aromatic N) is 3. The van der Waals surface area contributed by atoms with E-state index >= 15 is 0 Å². The van der Waals surface area contributed by atoms with Gasteiger partial charge < -0.3 is 10.2 Å². The van der Waals surface area contributed by atoms with Crippen molar-refractivity contribution in [1.29, 1.82) is 0 Å². The average molecular weight is 240 g/mol. The van der Waals surface area contributed by atoms with Crippen LogP contribution in [0.3, 0.4) is 0 Å². The topological polar surface area (TPSA) is 58.1 Å². The second kappa shape index (κ2) is 4.88. The molecule has 0 unspecified atom stereocenters. The van der Waals surface area contributed by atoms with Crippen molar-refractivity contribution >= 4 is 17.4 Å². The molecule has 1 atom stereocenters. The van der Waals surface area contributed by atoms with Crippen molar-refractivity contribution in [3.8, 4) is 0 Å². The second-order valence-corrected chi connectivity index (χ2v) is 4.76. The summed E-state index contributed by atoms with van der Waals surface area (Å²) in [6.07, 6.45) is 0.763. The van der Waals surface area contributed by atoms with Crippen LogP contribution < -0.4 is 5.32 Å². The Morgan fingerprint density at radius 2 is 2.50 bits per heavy atom. The van der Waals surface area contributed by atoms with Crippen LogP contribution in [0.5, 0.6) is 0 Å². The molecule has 1 aliphatic rings. The average Bonchev–Trinajstić information content (AvgIpc) is 2.76. The van der Waals surface area contributed by atoms with Crippen molar-refractivity contribution < 1.29 is 4.79 Å². The minimum absolute atomic E-state index is 0.0835. The molecule has 1 saturated heterocycles. The van der Waals surface area contributed by atoms with Gasteiger partial charge in [0.05, 0.1) is 5.69 Å². The molecule has 6 heteroatoms. The van der Waals surface area contributed by atoms with E-state index in [1.165, 1.54) is 11.5 Å². The number of aromatic nitrogens is 2. The predicted molar refractivity (Wildman–Crippen MR) is 62.7 cm³/mol. The van der Waals surface area contributed by atoms with E-state index in [1.807, 2.05) is 11.8 Å². The fourth-order valence-electron chi connectivity index (χ4n) is 1.86. The molecule has 1 N–H and O–H groups in total. The summed E-state index contributed by atoms with van der Waals surface area (Å²) >= 11 is 1.20. The van der Waals surface area contributed by atoms with E-state index < -0.39 is 0 Å². The lowest BCUT2D eigenvalue weighted by Gasteiger charge is -2.31. The number of amides is 1. The van der Waals surface area contributed by atoms with Crippen molar-refractivity contribution in [2.75, 3.05) is 19.6 Å². The maximum Gasteiger partial charge on any atom is 0.267 e. The minimum Gasteiger partial charge on any atom is -0.335 e. The van der Waals surface area contributed by atoms with Crippen molar-refractivity contribution in [1.82, 2.24) is 19.8 Å². The molecule has 0 spiro atoms. The largest absolute Gasteiger partial charge is 0.335 e. The number of carbonyl (C=O) groups excluding carboxylic acids is 1. The van der Waals surface area contributed by atoms with E-state index in [4.69, 9.17) is 0 Å². The first-order chi connectivity index (χ1) is 7.72. The molecule has 5 nitrogen and oxygen atoms in total. The summed E-state index contributed by atoms with van der Waals surface area (Å²) in [4.78, 5) is 14.8. The first-order valence-corrected chi connectivity index (χ1v) is 6.33. The van der Waals surface area contributed by atoms with Crippen molar-refractivity contribution in [3.63, 3.8) is 0 Å². The van der Waals surface area contributed by atoms with E-state index in [1.54, 1.807) is 0 Å². The first-order valence-electron chi connectivity index (χ1n) is 5.56. The summed E-state index contributed by atoms with van der Waals surface area (Å²) in [6, 6.07) is 0.364. The summed E-state index contributed by atoms with van der Waals surface area (Å²) in [5.74, 6) is 0.0835. The molecular formula is C10H16N4OS. The smallest absolute Gasteiger partial charge is 0.267 e. The molecule has 1 fully saturated rings. The van der Waals surface area contributed by atoms with E-state index in [0.717, 1.165) is 31.7 Å². The Labute approximate surface area is 99.0 Å². The lowest BCUT2D eigenvalue weighted by molar-refractivity contribution is 0.0712. The van der Waals surface area contributed by atoms with Gasteiger partial charge in [-0.3, -0.25) is 4.79 Å². The van der Waals surface area contributed by atoms with Crippen LogP contribution in [-0.2, 0) is 6.42 Å². The maximum absolute atomic E-state index is 12.2. The van der Waals surface area contributed by atoms with Gasteiger partial charge in [-0.25, -0.2) is 0 Å². The third kappa shape index (κ3) is 2.22. The van der Waals surface area contributed by atoms with Gasteiger partial charge in [0.15, 0.2) is 0 Å². The van der Waals surface area contributed by atoms with Crippen LogP contribution >= 0.6 is 11.5 Å². The molecule has 0 aromatic carbocycles. The quantitative estimate of drug-likeness (QED) is 0.819. The molecule has 0 saturated carbocycles. The van der Waals surface area contributed by atoms with Crippen LogP contribution in [0.15, 0.2) is 0 Å². The highest BCUT2D eigenvalue weighted by Crippen LogP contribution is 2.15. The molecule has 0 bridgehead atoms. The molecule has 0 aliphatic carbocycles. The molecule has 1 aliphatic heterocycles. The second-order valence-electron chi connectivity index (χ2n) is 4.01. The van der Waals surface area contributed by atoms with E-state index in [-0.39, 0.29) is 5.91 Å². The van der Waals surface area contributed by atoms with Gasteiger partial charge in [0.1, 0.15) is 4.88 Å². The Bertz CT molecular complexity index is 379. The fourth-order valence-corrected chi connectivity index (χ4v) is 2.58.